The van der Waals surface area contributed by atoms with Crippen molar-refractivity contribution in [1.82, 2.24) is 5.32 Å². The molecule has 22 heavy (non-hydrogen) atoms. The van der Waals surface area contributed by atoms with Crippen molar-refractivity contribution in [3.8, 4) is 0 Å². The number of rotatable bonds is 4. The van der Waals surface area contributed by atoms with Gasteiger partial charge in [0, 0.05) is 25.3 Å². The number of carbonyl (C=O) groups excluding carboxylic acids is 1. The number of aliphatic hydroxyl groups excluding tert-OH is 1. The van der Waals surface area contributed by atoms with Gasteiger partial charge in [0.15, 0.2) is 0 Å². The number of carbonyl (C=O) groups is 1. The van der Waals surface area contributed by atoms with Gasteiger partial charge in [-0.1, -0.05) is 6.07 Å². The van der Waals surface area contributed by atoms with Crippen LogP contribution in [0.1, 0.15) is 37.4 Å². The lowest BCUT2D eigenvalue weighted by Crippen LogP contribution is -2.37. The van der Waals surface area contributed by atoms with Crippen molar-refractivity contribution in [3.05, 3.63) is 35.4 Å². The second-order valence-corrected chi connectivity index (χ2v) is 5.53. The number of amides is 1. The van der Waals surface area contributed by atoms with Crippen LogP contribution >= 0.6 is 0 Å². The van der Waals surface area contributed by atoms with Crippen LogP contribution < -0.4 is 5.32 Å². The lowest BCUT2D eigenvalue weighted by Gasteiger charge is -2.27. The first-order chi connectivity index (χ1) is 10.3. The molecule has 7 heteroatoms. The molecular formula is C15H17F4NO2. The number of halogens is 4. The quantitative estimate of drug-likeness (QED) is 0.838. The van der Waals surface area contributed by atoms with Crippen LogP contribution in [0.3, 0.4) is 0 Å². The Morgan fingerprint density at radius 1 is 1.27 bits per heavy atom. The lowest BCUT2D eigenvalue weighted by molar-refractivity contribution is -0.129. The monoisotopic (exact) mass is 319 g/mol. The third-order valence-corrected chi connectivity index (χ3v) is 3.89. The Labute approximate surface area is 125 Å². The van der Waals surface area contributed by atoms with E-state index in [1.54, 1.807) is 0 Å². The van der Waals surface area contributed by atoms with E-state index in [0.29, 0.717) is 0 Å². The van der Waals surface area contributed by atoms with Crippen LogP contribution in [0.15, 0.2) is 18.2 Å². The molecule has 3 nitrogen and oxygen atoms in total. The maximum Gasteiger partial charge on any atom is 0.248 e. The fraction of sp³-hybridized carbons (Fsp3) is 0.533. The normalized spacial score (nSPS) is 19.7. The Morgan fingerprint density at radius 3 is 2.36 bits per heavy atom. The molecule has 2 N–H and O–H groups in total. The number of alkyl halides is 2. The molecule has 0 heterocycles. The molecule has 0 aromatic heterocycles. The molecule has 0 radical (unpaired) electrons. The summed E-state index contributed by atoms with van der Waals surface area (Å²) in [4.78, 5) is 11.9. The molecule has 1 aliphatic rings. The molecule has 0 bridgehead atoms. The maximum atomic E-state index is 13.5. The zero-order valence-electron chi connectivity index (χ0n) is 11.8. The summed E-state index contributed by atoms with van der Waals surface area (Å²) in [7, 11) is 0. The van der Waals surface area contributed by atoms with Gasteiger partial charge in [0.2, 0.25) is 11.8 Å². The molecule has 0 spiro atoms. The van der Waals surface area contributed by atoms with E-state index < -0.39 is 41.0 Å². The molecule has 122 valence electrons. The van der Waals surface area contributed by atoms with Crippen molar-refractivity contribution in [2.75, 3.05) is 6.54 Å². The van der Waals surface area contributed by atoms with E-state index in [2.05, 4.69) is 5.32 Å². The molecule has 2 rings (SSSR count). The zero-order valence-corrected chi connectivity index (χ0v) is 11.8. The standard InChI is InChI=1S/C15H17F4NO2/c16-10-2-1-3-11(17)13(10)12(21)8-20-14(22)9-4-6-15(18,19)7-5-9/h1-3,9,12,21H,4-8H2,(H,20,22). The van der Waals surface area contributed by atoms with Gasteiger partial charge in [-0.25, -0.2) is 17.6 Å². The van der Waals surface area contributed by atoms with Gasteiger partial charge in [-0.15, -0.1) is 0 Å². The predicted molar refractivity (Wildman–Crippen MR) is 71.2 cm³/mol. The topological polar surface area (TPSA) is 49.3 Å². The summed E-state index contributed by atoms with van der Waals surface area (Å²) in [6.07, 6.45) is -2.12. The van der Waals surface area contributed by atoms with Gasteiger partial charge in [0.05, 0.1) is 5.56 Å². The van der Waals surface area contributed by atoms with Gasteiger partial charge in [-0.05, 0) is 25.0 Å². The van der Waals surface area contributed by atoms with E-state index in [-0.39, 0.29) is 32.2 Å². The third-order valence-electron chi connectivity index (χ3n) is 3.89. The molecule has 0 aliphatic heterocycles. The van der Waals surface area contributed by atoms with E-state index in [1.165, 1.54) is 6.07 Å². The molecule has 0 saturated heterocycles. The van der Waals surface area contributed by atoms with Crippen molar-refractivity contribution < 1.29 is 27.5 Å². The summed E-state index contributed by atoms with van der Waals surface area (Å²) in [6.45, 7) is -0.371. The average molecular weight is 319 g/mol. The predicted octanol–water partition coefficient (Wildman–Crippen LogP) is 2.94. The van der Waals surface area contributed by atoms with Gasteiger partial charge in [0.1, 0.15) is 17.7 Å². The van der Waals surface area contributed by atoms with Gasteiger partial charge >= 0.3 is 0 Å². The van der Waals surface area contributed by atoms with E-state index >= 15 is 0 Å². The fourth-order valence-electron chi connectivity index (χ4n) is 2.58. The first kappa shape index (κ1) is 16.7. The first-order valence-electron chi connectivity index (χ1n) is 7.08. The summed E-state index contributed by atoms with van der Waals surface area (Å²) >= 11 is 0. The molecule has 1 aliphatic carbocycles. The number of nitrogens with one attached hydrogen (secondary N) is 1. The van der Waals surface area contributed by atoms with Crippen LogP contribution in [0.25, 0.3) is 0 Å². The van der Waals surface area contributed by atoms with Crippen molar-refractivity contribution in [3.63, 3.8) is 0 Å². The number of hydrogen-bond donors (Lipinski definition) is 2. The van der Waals surface area contributed by atoms with Gasteiger partial charge in [0.25, 0.3) is 0 Å². The second kappa shape index (κ2) is 6.64. The summed E-state index contributed by atoms with van der Waals surface area (Å²) < 4.78 is 53.0. The van der Waals surface area contributed by atoms with Crippen LogP contribution in [0.4, 0.5) is 17.6 Å². The van der Waals surface area contributed by atoms with Gasteiger partial charge < -0.3 is 10.4 Å². The van der Waals surface area contributed by atoms with E-state index in [1.807, 2.05) is 0 Å². The summed E-state index contributed by atoms with van der Waals surface area (Å²) in [5, 5.41) is 12.2. The van der Waals surface area contributed by atoms with E-state index in [4.69, 9.17) is 0 Å². The van der Waals surface area contributed by atoms with Crippen molar-refractivity contribution in [2.24, 2.45) is 5.92 Å². The molecule has 1 amide bonds. The smallest absolute Gasteiger partial charge is 0.248 e. The Morgan fingerprint density at radius 2 is 1.82 bits per heavy atom. The molecule has 1 aromatic carbocycles. The Kier molecular flexibility index (Phi) is 5.05. The average Bonchev–Trinajstić information content (AvgIpc) is 2.44. The Balaban J connectivity index is 1.89. The highest BCUT2D eigenvalue weighted by Crippen LogP contribution is 2.36. The molecule has 1 atom stereocenters. The molecule has 1 fully saturated rings. The number of aliphatic hydroxyl groups is 1. The number of benzene rings is 1. The van der Waals surface area contributed by atoms with Gasteiger partial charge in [-0.2, -0.15) is 0 Å². The largest absolute Gasteiger partial charge is 0.386 e. The minimum absolute atomic E-state index is 0.0585. The van der Waals surface area contributed by atoms with Crippen LogP contribution in [0.2, 0.25) is 0 Å². The highest BCUT2D eigenvalue weighted by atomic mass is 19.3. The summed E-state index contributed by atoms with van der Waals surface area (Å²) in [6, 6.07) is 3.18. The van der Waals surface area contributed by atoms with Gasteiger partial charge in [-0.3, -0.25) is 4.79 Å². The maximum absolute atomic E-state index is 13.5. The van der Waals surface area contributed by atoms with Crippen molar-refractivity contribution >= 4 is 5.91 Å². The van der Waals surface area contributed by atoms with Crippen LogP contribution in [-0.2, 0) is 4.79 Å². The Hall–Kier alpha value is -1.63. The van der Waals surface area contributed by atoms with E-state index in [9.17, 15) is 27.5 Å². The second-order valence-electron chi connectivity index (χ2n) is 5.53. The Bertz CT molecular complexity index is 520. The third kappa shape index (κ3) is 3.97. The minimum atomic E-state index is -2.73. The van der Waals surface area contributed by atoms with E-state index in [0.717, 1.165) is 12.1 Å². The fourth-order valence-corrected chi connectivity index (χ4v) is 2.58. The molecular weight excluding hydrogens is 302 g/mol. The SMILES string of the molecule is O=C(NCC(O)c1c(F)cccc1F)C1CCC(F)(F)CC1. The number of hydrogen-bond acceptors (Lipinski definition) is 2. The van der Waals surface area contributed by atoms with Crippen LogP contribution in [0, 0.1) is 17.6 Å². The van der Waals surface area contributed by atoms with Crippen LogP contribution in [0.5, 0.6) is 0 Å². The minimum Gasteiger partial charge on any atom is -0.386 e. The highest BCUT2D eigenvalue weighted by Gasteiger charge is 2.37. The molecule has 1 aromatic rings. The van der Waals surface area contributed by atoms with Crippen molar-refractivity contribution in [1.29, 1.82) is 0 Å². The molecule has 1 unspecified atom stereocenters. The zero-order chi connectivity index (χ0) is 16.3. The summed E-state index contributed by atoms with van der Waals surface area (Å²) in [5.74, 6) is -5.58. The lowest BCUT2D eigenvalue weighted by atomic mass is 9.86. The first-order valence-corrected chi connectivity index (χ1v) is 7.08. The molecule has 1 saturated carbocycles. The summed E-state index contributed by atoms with van der Waals surface area (Å²) in [5.41, 5.74) is -0.516. The highest BCUT2D eigenvalue weighted by molar-refractivity contribution is 5.78. The van der Waals surface area contributed by atoms with Crippen molar-refractivity contribution in [2.45, 2.75) is 37.7 Å². The van der Waals surface area contributed by atoms with Crippen LogP contribution in [-0.4, -0.2) is 23.5 Å².